The van der Waals surface area contributed by atoms with Crippen molar-refractivity contribution >= 4 is 22.7 Å². The minimum absolute atomic E-state index is 0.244. The summed E-state index contributed by atoms with van der Waals surface area (Å²) in [6.07, 6.45) is 4.56. The molecule has 3 rings (SSSR count). The van der Waals surface area contributed by atoms with Crippen LogP contribution in [0.4, 0.5) is 5.69 Å². The highest BCUT2D eigenvalue weighted by Gasteiger charge is 2.24. The van der Waals surface area contributed by atoms with Crippen molar-refractivity contribution in [2.75, 3.05) is 18.0 Å². The van der Waals surface area contributed by atoms with Crippen molar-refractivity contribution in [3.63, 3.8) is 0 Å². The lowest BCUT2D eigenvalue weighted by Gasteiger charge is -2.30. The van der Waals surface area contributed by atoms with Crippen LogP contribution in [0.3, 0.4) is 0 Å². The number of hydrogen-bond acceptors (Lipinski definition) is 4. The molecular formula is C15H18N4O2. The van der Waals surface area contributed by atoms with Gasteiger partial charge in [0.05, 0.1) is 16.8 Å². The summed E-state index contributed by atoms with van der Waals surface area (Å²) >= 11 is 0. The fraction of sp³-hybridized carbons (Fsp3) is 0.400. The number of carboxylic acids is 1. The second-order valence-corrected chi connectivity index (χ2v) is 5.49. The molecule has 0 fully saturated rings. The molecule has 110 valence electrons. The Morgan fingerprint density at radius 1 is 1.38 bits per heavy atom. The van der Waals surface area contributed by atoms with Crippen molar-refractivity contribution in [2.24, 2.45) is 7.05 Å². The van der Waals surface area contributed by atoms with Gasteiger partial charge >= 0.3 is 5.97 Å². The zero-order valence-electron chi connectivity index (χ0n) is 12.4. The summed E-state index contributed by atoms with van der Waals surface area (Å²) in [5.41, 5.74) is 3.77. The zero-order chi connectivity index (χ0) is 15.1. The number of carboxylic acid groups (broad SMARTS) is 1. The minimum atomic E-state index is -0.949. The van der Waals surface area contributed by atoms with Gasteiger partial charge in [0.25, 0.3) is 0 Å². The Labute approximate surface area is 122 Å². The highest BCUT2D eigenvalue weighted by molar-refractivity contribution is 6.05. The predicted molar refractivity (Wildman–Crippen MR) is 80.8 cm³/mol. The molecule has 2 aromatic heterocycles. The van der Waals surface area contributed by atoms with Crippen LogP contribution in [0.5, 0.6) is 0 Å². The lowest BCUT2D eigenvalue weighted by atomic mass is 10.1. The summed E-state index contributed by atoms with van der Waals surface area (Å²) in [5.74, 6) is -0.949. The molecule has 1 aliphatic heterocycles. The standard InChI is InChI=1S/C15H18N4O2/c1-9-5-4-6-19(8-9)13-11(15(20)21)7-16-14-12(13)10(2)17-18(14)3/h5,7H,4,6,8H2,1-3H3,(H,20,21). The van der Waals surface area contributed by atoms with Gasteiger partial charge in [0.15, 0.2) is 5.65 Å². The number of nitrogens with zero attached hydrogens (tertiary/aromatic N) is 4. The van der Waals surface area contributed by atoms with Crippen LogP contribution in [0.15, 0.2) is 17.8 Å². The van der Waals surface area contributed by atoms with E-state index in [0.29, 0.717) is 0 Å². The van der Waals surface area contributed by atoms with E-state index in [9.17, 15) is 9.90 Å². The van der Waals surface area contributed by atoms with E-state index in [0.717, 1.165) is 41.9 Å². The molecule has 0 amide bonds. The van der Waals surface area contributed by atoms with Crippen LogP contribution in [0.25, 0.3) is 11.0 Å². The first-order valence-corrected chi connectivity index (χ1v) is 6.95. The molecule has 0 saturated carbocycles. The summed E-state index contributed by atoms with van der Waals surface area (Å²) in [6, 6.07) is 0. The molecule has 0 saturated heterocycles. The van der Waals surface area contributed by atoms with E-state index < -0.39 is 5.97 Å². The van der Waals surface area contributed by atoms with Gasteiger partial charge in [-0.25, -0.2) is 9.78 Å². The van der Waals surface area contributed by atoms with E-state index in [1.54, 1.807) is 4.68 Å². The van der Waals surface area contributed by atoms with Crippen molar-refractivity contribution in [1.82, 2.24) is 14.8 Å². The third-order valence-corrected chi connectivity index (χ3v) is 3.88. The minimum Gasteiger partial charge on any atom is -0.478 e. The second-order valence-electron chi connectivity index (χ2n) is 5.49. The Bertz CT molecular complexity index is 761. The number of aromatic nitrogens is 3. The first-order chi connectivity index (χ1) is 9.99. The summed E-state index contributed by atoms with van der Waals surface area (Å²) in [4.78, 5) is 18.0. The van der Waals surface area contributed by atoms with Crippen molar-refractivity contribution < 1.29 is 9.90 Å². The van der Waals surface area contributed by atoms with Crippen molar-refractivity contribution in [3.8, 4) is 0 Å². The molecule has 3 heterocycles. The summed E-state index contributed by atoms with van der Waals surface area (Å²) in [6.45, 7) is 5.52. The van der Waals surface area contributed by atoms with Crippen LogP contribution in [-0.2, 0) is 7.05 Å². The Hall–Kier alpha value is -2.37. The third-order valence-electron chi connectivity index (χ3n) is 3.88. The molecular weight excluding hydrogens is 268 g/mol. The molecule has 6 heteroatoms. The summed E-state index contributed by atoms with van der Waals surface area (Å²) < 4.78 is 1.70. The fourth-order valence-electron chi connectivity index (χ4n) is 2.98. The van der Waals surface area contributed by atoms with Crippen LogP contribution in [0.2, 0.25) is 0 Å². The Kier molecular flexibility index (Phi) is 3.16. The van der Waals surface area contributed by atoms with Gasteiger partial charge in [0.2, 0.25) is 0 Å². The quantitative estimate of drug-likeness (QED) is 0.856. The van der Waals surface area contributed by atoms with Gasteiger partial charge < -0.3 is 10.0 Å². The maximum Gasteiger partial charge on any atom is 0.339 e. The van der Waals surface area contributed by atoms with Gasteiger partial charge in [-0.1, -0.05) is 11.6 Å². The van der Waals surface area contributed by atoms with Crippen molar-refractivity contribution in [1.29, 1.82) is 0 Å². The van der Waals surface area contributed by atoms with Gasteiger partial charge in [-0.3, -0.25) is 4.68 Å². The van der Waals surface area contributed by atoms with Crippen molar-refractivity contribution in [3.05, 3.63) is 29.1 Å². The van der Waals surface area contributed by atoms with E-state index in [-0.39, 0.29) is 5.56 Å². The van der Waals surface area contributed by atoms with Crippen LogP contribution < -0.4 is 4.90 Å². The molecule has 2 aromatic rings. The van der Waals surface area contributed by atoms with Crippen LogP contribution >= 0.6 is 0 Å². The largest absolute Gasteiger partial charge is 0.478 e. The average Bonchev–Trinajstić information content (AvgIpc) is 2.73. The molecule has 0 radical (unpaired) electrons. The lowest BCUT2D eigenvalue weighted by Crippen LogP contribution is -2.31. The van der Waals surface area contributed by atoms with E-state index in [1.807, 2.05) is 14.0 Å². The number of aryl methyl sites for hydroxylation is 2. The zero-order valence-corrected chi connectivity index (χ0v) is 12.4. The molecule has 0 atom stereocenters. The topological polar surface area (TPSA) is 71.2 Å². The van der Waals surface area contributed by atoms with E-state index in [4.69, 9.17) is 0 Å². The Morgan fingerprint density at radius 2 is 2.14 bits per heavy atom. The number of carbonyl (C=O) groups is 1. The molecule has 0 aromatic carbocycles. The van der Waals surface area contributed by atoms with Crippen LogP contribution in [0.1, 0.15) is 29.4 Å². The average molecular weight is 286 g/mol. The van der Waals surface area contributed by atoms with Crippen LogP contribution in [-0.4, -0.2) is 38.9 Å². The SMILES string of the molecule is CC1=CCCN(c2c(C(=O)O)cnc3c2c(C)nn3C)C1. The fourth-order valence-corrected chi connectivity index (χ4v) is 2.98. The van der Waals surface area contributed by atoms with E-state index in [1.165, 1.54) is 11.8 Å². The van der Waals surface area contributed by atoms with Gasteiger partial charge in [0.1, 0.15) is 5.56 Å². The number of rotatable bonds is 2. The van der Waals surface area contributed by atoms with Crippen molar-refractivity contribution in [2.45, 2.75) is 20.3 Å². The maximum atomic E-state index is 11.6. The Balaban J connectivity index is 2.29. The lowest BCUT2D eigenvalue weighted by molar-refractivity contribution is 0.0697. The highest BCUT2D eigenvalue weighted by atomic mass is 16.4. The van der Waals surface area contributed by atoms with Gasteiger partial charge in [-0.05, 0) is 20.3 Å². The highest BCUT2D eigenvalue weighted by Crippen LogP contribution is 2.33. The van der Waals surface area contributed by atoms with E-state index in [2.05, 4.69) is 28.0 Å². The molecule has 0 spiro atoms. The molecule has 0 unspecified atom stereocenters. The third kappa shape index (κ3) is 2.16. The molecule has 1 N–H and O–H groups in total. The molecule has 6 nitrogen and oxygen atoms in total. The number of hydrogen-bond donors (Lipinski definition) is 1. The first-order valence-electron chi connectivity index (χ1n) is 6.95. The van der Waals surface area contributed by atoms with Gasteiger partial charge in [-0.15, -0.1) is 0 Å². The van der Waals surface area contributed by atoms with Gasteiger partial charge in [0, 0.05) is 26.3 Å². The number of aromatic carboxylic acids is 1. The van der Waals surface area contributed by atoms with Gasteiger partial charge in [-0.2, -0.15) is 5.10 Å². The smallest absolute Gasteiger partial charge is 0.339 e. The predicted octanol–water partition coefficient (Wildman–Crippen LogP) is 2.13. The summed E-state index contributed by atoms with van der Waals surface area (Å²) in [7, 11) is 1.83. The first kappa shape index (κ1) is 13.6. The van der Waals surface area contributed by atoms with Crippen LogP contribution in [0, 0.1) is 6.92 Å². The monoisotopic (exact) mass is 286 g/mol. The summed E-state index contributed by atoms with van der Waals surface area (Å²) in [5, 5.41) is 14.7. The van der Waals surface area contributed by atoms with E-state index >= 15 is 0 Å². The molecule has 21 heavy (non-hydrogen) atoms. The Morgan fingerprint density at radius 3 is 2.81 bits per heavy atom. The number of pyridine rings is 1. The normalized spacial score (nSPS) is 15.4. The number of anilines is 1. The molecule has 0 aliphatic carbocycles. The number of fused-ring (bicyclic) bond motifs is 1. The molecule has 1 aliphatic rings. The maximum absolute atomic E-state index is 11.6. The second kappa shape index (κ2) is 4.87. The molecule has 0 bridgehead atoms.